The lowest BCUT2D eigenvalue weighted by Gasteiger charge is -1.88. The predicted octanol–water partition coefficient (Wildman–Crippen LogP) is 1.69. The van der Waals surface area contributed by atoms with Crippen LogP contribution in [0.3, 0.4) is 0 Å². The molecule has 0 unspecified atom stereocenters. The van der Waals surface area contributed by atoms with E-state index in [0.717, 1.165) is 16.7 Å². The highest BCUT2D eigenvalue weighted by Gasteiger charge is 2.05. The summed E-state index contributed by atoms with van der Waals surface area (Å²) in [7, 11) is 0. The van der Waals surface area contributed by atoms with E-state index in [2.05, 4.69) is 16.2 Å². The third-order valence-electron chi connectivity index (χ3n) is 2.21. The zero-order valence-electron chi connectivity index (χ0n) is 7.23. The lowest BCUT2D eigenvalue weighted by molar-refractivity contribution is 0.994. The third kappa shape index (κ3) is 0.783. The van der Waals surface area contributed by atoms with E-state index < -0.39 is 0 Å². The molecule has 3 rings (SSSR count). The first-order chi connectivity index (χ1) is 6.88. The molecule has 0 saturated heterocycles. The molecule has 1 aromatic carbocycles. The van der Waals surface area contributed by atoms with Crippen LogP contribution in [0.2, 0.25) is 0 Å². The van der Waals surface area contributed by atoms with Gasteiger partial charge in [0, 0.05) is 6.07 Å². The Hall–Kier alpha value is -2.28. The fourth-order valence-electron chi connectivity index (χ4n) is 1.60. The van der Waals surface area contributed by atoms with E-state index in [1.165, 1.54) is 0 Å². The van der Waals surface area contributed by atoms with Gasteiger partial charge in [0.2, 0.25) is 0 Å². The molecule has 14 heavy (non-hydrogen) atoms. The number of H-pyrrole nitrogens is 1. The SMILES string of the molecule is N#Cc1cc2nc3ccccc3n2[nH]1. The maximum atomic E-state index is 8.71. The largest absolute Gasteiger partial charge is 0.282 e. The maximum absolute atomic E-state index is 8.71. The van der Waals surface area contributed by atoms with Gasteiger partial charge in [-0.3, -0.25) is 5.10 Å². The minimum absolute atomic E-state index is 0.526. The van der Waals surface area contributed by atoms with E-state index in [-0.39, 0.29) is 0 Å². The highest BCUT2D eigenvalue weighted by molar-refractivity contribution is 5.80. The van der Waals surface area contributed by atoms with Crippen LogP contribution in [0.5, 0.6) is 0 Å². The van der Waals surface area contributed by atoms with Crippen LogP contribution >= 0.6 is 0 Å². The molecule has 4 heteroatoms. The van der Waals surface area contributed by atoms with Crippen molar-refractivity contribution < 1.29 is 0 Å². The molecule has 0 aliphatic rings. The molecule has 0 aliphatic carbocycles. The van der Waals surface area contributed by atoms with Crippen LogP contribution in [-0.2, 0) is 0 Å². The van der Waals surface area contributed by atoms with E-state index in [1.807, 2.05) is 28.8 Å². The number of nitriles is 1. The Labute approximate surface area is 79.4 Å². The number of hydrogen-bond acceptors (Lipinski definition) is 2. The molecule has 0 atom stereocenters. The van der Waals surface area contributed by atoms with E-state index in [0.29, 0.717) is 5.69 Å². The van der Waals surface area contributed by atoms with Crippen LogP contribution in [0.4, 0.5) is 0 Å². The molecule has 2 heterocycles. The Morgan fingerprint density at radius 3 is 3.07 bits per heavy atom. The minimum atomic E-state index is 0.526. The van der Waals surface area contributed by atoms with Crippen molar-refractivity contribution in [1.82, 2.24) is 14.6 Å². The Morgan fingerprint density at radius 2 is 2.21 bits per heavy atom. The van der Waals surface area contributed by atoms with Crippen molar-refractivity contribution in [3.63, 3.8) is 0 Å². The second-order valence-corrected chi connectivity index (χ2v) is 3.08. The molecule has 2 aromatic heterocycles. The minimum Gasteiger partial charge on any atom is -0.282 e. The molecule has 66 valence electrons. The van der Waals surface area contributed by atoms with Gasteiger partial charge in [-0.2, -0.15) is 5.26 Å². The van der Waals surface area contributed by atoms with Gasteiger partial charge >= 0.3 is 0 Å². The molecule has 1 N–H and O–H groups in total. The number of nitrogens with zero attached hydrogens (tertiary/aromatic N) is 3. The van der Waals surface area contributed by atoms with Crippen molar-refractivity contribution in [2.75, 3.05) is 0 Å². The van der Waals surface area contributed by atoms with E-state index in [1.54, 1.807) is 6.07 Å². The van der Waals surface area contributed by atoms with Crippen LogP contribution in [0.25, 0.3) is 16.7 Å². The molecule has 0 bridgehead atoms. The first-order valence-electron chi connectivity index (χ1n) is 4.25. The number of nitrogens with one attached hydrogen (secondary N) is 1. The van der Waals surface area contributed by atoms with Gasteiger partial charge in [-0.15, -0.1) is 0 Å². The number of imidazole rings is 1. The smallest absolute Gasteiger partial charge is 0.155 e. The third-order valence-corrected chi connectivity index (χ3v) is 2.21. The van der Waals surface area contributed by atoms with Gasteiger partial charge in [-0.1, -0.05) is 12.1 Å². The Balaban J connectivity index is 2.52. The van der Waals surface area contributed by atoms with Crippen molar-refractivity contribution in [3.8, 4) is 6.07 Å². The monoisotopic (exact) mass is 182 g/mol. The number of aromatic amines is 1. The molecule has 0 saturated carbocycles. The van der Waals surface area contributed by atoms with Crippen LogP contribution in [0.1, 0.15) is 5.69 Å². The standard InChI is InChI=1S/C10H6N4/c11-6-7-5-10-12-8-3-1-2-4-9(8)14(10)13-7/h1-5,13H. The number of rotatable bonds is 0. The average molecular weight is 182 g/mol. The number of benzene rings is 1. The number of para-hydroxylation sites is 2. The molecule has 0 spiro atoms. The van der Waals surface area contributed by atoms with Gasteiger partial charge in [-0.25, -0.2) is 9.50 Å². The summed E-state index contributed by atoms with van der Waals surface area (Å²) in [5, 5.41) is 11.7. The summed E-state index contributed by atoms with van der Waals surface area (Å²) in [6.45, 7) is 0. The van der Waals surface area contributed by atoms with Gasteiger partial charge in [0.1, 0.15) is 11.8 Å². The van der Waals surface area contributed by atoms with E-state index in [4.69, 9.17) is 5.26 Å². The van der Waals surface area contributed by atoms with E-state index in [9.17, 15) is 0 Å². The van der Waals surface area contributed by atoms with Gasteiger partial charge in [-0.05, 0) is 12.1 Å². The van der Waals surface area contributed by atoms with Gasteiger partial charge < -0.3 is 0 Å². The fraction of sp³-hybridized carbons (Fsp3) is 0. The molecular formula is C10H6N4. The van der Waals surface area contributed by atoms with Crippen molar-refractivity contribution in [1.29, 1.82) is 5.26 Å². The Morgan fingerprint density at radius 1 is 1.36 bits per heavy atom. The van der Waals surface area contributed by atoms with Crippen molar-refractivity contribution in [2.45, 2.75) is 0 Å². The summed E-state index contributed by atoms with van der Waals surface area (Å²) >= 11 is 0. The topological polar surface area (TPSA) is 56.9 Å². The number of hydrogen-bond donors (Lipinski definition) is 1. The second kappa shape index (κ2) is 2.36. The molecule has 3 aromatic rings. The van der Waals surface area contributed by atoms with Crippen molar-refractivity contribution >= 4 is 16.7 Å². The van der Waals surface area contributed by atoms with Crippen molar-refractivity contribution in [3.05, 3.63) is 36.0 Å². The van der Waals surface area contributed by atoms with Crippen molar-refractivity contribution in [2.24, 2.45) is 0 Å². The normalized spacial score (nSPS) is 10.8. The highest BCUT2D eigenvalue weighted by atomic mass is 15.3. The van der Waals surface area contributed by atoms with Crippen LogP contribution in [0, 0.1) is 11.3 Å². The number of aromatic nitrogens is 3. The summed E-state index contributed by atoms with van der Waals surface area (Å²) in [6, 6.07) is 11.6. The quantitative estimate of drug-likeness (QED) is 0.575. The molecule has 0 radical (unpaired) electrons. The summed E-state index contributed by atoms with van der Waals surface area (Å²) in [4.78, 5) is 4.36. The lowest BCUT2D eigenvalue weighted by atomic mass is 10.3. The zero-order valence-corrected chi connectivity index (χ0v) is 7.23. The van der Waals surface area contributed by atoms with Crippen LogP contribution < -0.4 is 0 Å². The van der Waals surface area contributed by atoms with Gasteiger partial charge in [0.05, 0.1) is 11.0 Å². The second-order valence-electron chi connectivity index (χ2n) is 3.08. The first-order valence-corrected chi connectivity index (χ1v) is 4.25. The zero-order chi connectivity index (χ0) is 9.54. The molecule has 0 amide bonds. The molecular weight excluding hydrogens is 176 g/mol. The number of fused-ring (bicyclic) bond motifs is 3. The van der Waals surface area contributed by atoms with E-state index >= 15 is 0 Å². The summed E-state index contributed by atoms with van der Waals surface area (Å²) in [5.41, 5.74) is 3.23. The highest BCUT2D eigenvalue weighted by Crippen LogP contribution is 2.15. The van der Waals surface area contributed by atoms with Gasteiger partial charge in [0.25, 0.3) is 0 Å². The maximum Gasteiger partial charge on any atom is 0.155 e. The average Bonchev–Trinajstić information content (AvgIpc) is 2.73. The molecule has 0 aliphatic heterocycles. The first kappa shape index (κ1) is 7.15. The van der Waals surface area contributed by atoms with Crippen LogP contribution in [0.15, 0.2) is 30.3 Å². The summed E-state index contributed by atoms with van der Waals surface area (Å²) in [5.74, 6) is 0. The predicted molar refractivity (Wildman–Crippen MR) is 51.8 cm³/mol. The summed E-state index contributed by atoms with van der Waals surface area (Å²) in [6.07, 6.45) is 0. The fourth-order valence-corrected chi connectivity index (χ4v) is 1.60. The molecule has 0 fully saturated rings. The summed E-state index contributed by atoms with van der Waals surface area (Å²) < 4.78 is 1.81. The molecule has 4 nitrogen and oxygen atoms in total. The van der Waals surface area contributed by atoms with Gasteiger partial charge in [0.15, 0.2) is 5.65 Å². The lowest BCUT2D eigenvalue weighted by Crippen LogP contribution is -1.83. The Bertz CT molecular complexity index is 653. The Kier molecular flexibility index (Phi) is 1.21. The van der Waals surface area contributed by atoms with Crippen LogP contribution in [-0.4, -0.2) is 14.6 Å².